The fourth-order valence-electron chi connectivity index (χ4n) is 3.47. The number of aliphatic hydroxyl groups is 2. The van der Waals surface area contributed by atoms with Crippen molar-refractivity contribution in [3.05, 3.63) is 34.1 Å². The molecule has 1 aromatic carbocycles. The molecule has 2 aromatic rings. The Balaban J connectivity index is 1.53. The van der Waals surface area contributed by atoms with Crippen molar-refractivity contribution >= 4 is 22.7 Å². The number of pyridine rings is 1. The SMILES string of the molecule is CCn1cc(C(=O)NCCCCCC(=O)NC[C@@H](O)CO)c(=O)c2cc3c(cc21)OCO3. The van der Waals surface area contributed by atoms with E-state index in [4.69, 9.17) is 14.6 Å². The average molecular weight is 447 g/mol. The average Bonchev–Trinajstić information content (AvgIpc) is 3.26. The minimum absolute atomic E-state index is 0.0222. The number of aromatic nitrogens is 1. The van der Waals surface area contributed by atoms with Gasteiger partial charge in [-0.1, -0.05) is 6.42 Å². The quantitative estimate of drug-likeness (QED) is 0.368. The van der Waals surface area contributed by atoms with Crippen molar-refractivity contribution in [2.75, 3.05) is 26.5 Å². The lowest BCUT2D eigenvalue weighted by Gasteiger charge is -2.12. The Morgan fingerprint density at radius 2 is 1.91 bits per heavy atom. The number of carbonyl (C=O) groups is 2. The maximum Gasteiger partial charge on any atom is 0.256 e. The number of unbranched alkanes of at least 4 members (excludes halogenated alkanes) is 2. The number of ether oxygens (including phenoxy) is 2. The lowest BCUT2D eigenvalue weighted by molar-refractivity contribution is -0.121. The number of benzene rings is 1. The first-order chi connectivity index (χ1) is 15.4. The van der Waals surface area contributed by atoms with Crippen LogP contribution in [-0.4, -0.2) is 59.2 Å². The first-order valence-electron chi connectivity index (χ1n) is 10.7. The summed E-state index contributed by atoms with van der Waals surface area (Å²) in [4.78, 5) is 37.2. The van der Waals surface area contributed by atoms with Crippen LogP contribution in [0.15, 0.2) is 23.1 Å². The summed E-state index contributed by atoms with van der Waals surface area (Å²) in [6.07, 6.45) is 2.91. The van der Waals surface area contributed by atoms with E-state index in [0.717, 1.165) is 6.42 Å². The number of fused-ring (bicyclic) bond motifs is 2. The summed E-state index contributed by atoms with van der Waals surface area (Å²) >= 11 is 0. The van der Waals surface area contributed by atoms with Crippen LogP contribution in [0.5, 0.6) is 11.5 Å². The highest BCUT2D eigenvalue weighted by molar-refractivity contribution is 5.97. The zero-order chi connectivity index (χ0) is 23.1. The van der Waals surface area contributed by atoms with E-state index in [-0.39, 0.29) is 30.2 Å². The second kappa shape index (κ2) is 11.0. The molecule has 0 saturated carbocycles. The van der Waals surface area contributed by atoms with Crippen LogP contribution >= 0.6 is 0 Å². The molecule has 174 valence electrons. The van der Waals surface area contributed by atoms with Gasteiger partial charge in [-0.05, 0) is 25.8 Å². The monoisotopic (exact) mass is 447 g/mol. The first-order valence-corrected chi connectivity index (χ1v) is 10.7. The fraction of sp³-hybridized carbons (Fsp3) is 0.500. The van der Waals surface area contributed by atoms with E-state index < -0.39 is 18.6 Å². The Bertz CT molecular complexity index is 1030. The molecule has 0 unspecified atom stereocenters. The lowest BCUT2D eigenvalue weighted by atomic mass is 10.1. The Hall–Kier alpha value is -3.11. The van der Waals surface area contributed by atoms with Gasteiger partial charge in [0.05, 0.1) is 23.6 Å². The normalized spacial score (nSPS) is 13.2. The summed E-state index contributed by atoms with van der Waals surface area (Å²) < 4.78 is 12.6. The van der Waals surface area contributed by atoms with Crippen molar-refractivity contribution in [3.63, 3.8) is 0 Å². The molecule has 1 aromatic heterocycles. The molecule has 32 heavy (non-hydrogen) atoms. The van der Waals surface area contributed by atoms with Crippen LogP contribution in [0.3, 0.4) is 0 Å². The van der Waals surface area contributed by atoms with Gasteiger partial charge < -0.3 is 34.9 Å². The largest absolute Gasteiger partial charge is 0.454 e. The van der Waals surface area contributed by atoms with Crippen LogP contribution in [0.25, 0.3) is 10.9 Å². The summed E-state index contributed by atoms with van der Waals surface area (Å²) in [5.74, 6) is 0.436. The molecule has 2 heterocycles. The number of nitrogens with one attached hydrogen (secondary N) is 2. The molecule has 3 rings (SSSR count). The van der Waals surface area contributed by atoms with Crippen molar-refractivity contribution in [2.45, 2.75) is 45.3 Å². The Labute approximate surface area is 185 Å². The minimum atomic E-state index is -0.955. The highest BCUT2D eigenvalue weighted by Crippen LogP contribution is 2.35. The smallest absolute Gasteiger partial charge is 0.256 e. The summed E-state index contributed by atoms with van der Waals surface area (Å²) in [5.41, 5.74) is 0.394. The fourth-order valence-corrected chi connectivity index (χ4v) is 3.47. The zero-order valence-corrected chi connectivity index (χ0v) is 18.1. The Kier molecular flexibility index (Phi) is 8.07. The zero-order valence-electron chi connectivity index (χ0n) is 18.1. The molecule has 0 fully saturated rings. The third-order valence-electron chi connectivity index (χ3n) is 5.27. The van der Waals surface area contributed by atoms with Crippen molar-refractivity contribution in [1.29, 1.82) is 0 Å². The standard InChI is InChI=1S/C22H29N3O7/c1-2-25-11-16(21(29)15-8-18-19(9-17(15)25)32-13-31-18)22(30)23-7-5-3-4-6-20(28)24-10-14(27)12-26/h8-9,11,14,26-27H,2-7,10,12-13H2,1H3,(H,23,30)(H,24,28)/t14-/m1/s1. The summed E-state index contributed by atoms with van der Waals surface area (Å²) in [5, 5.41) is 23.6. The van der Waals surface area contributed by atoms with E-state index in [2.05, 4.69) is 10.6 Å². The molecule has 10 nitrogen and oxygen atoms in total. The summed E-state index contributed by atoms with van der Waals surface area (Å²) in [7, 11) is 0. The van der Waals surface area contributed by atoms with Crippen LogP contribution < -0.4 is 25.5 Å². The van der Waals surface area contributed by atoms with E-state index in [9.17, 15) is 19.5 Å². The molecule has 0 radical (unpaired) electrons. The van der Waals surface area contributed by atoms with E-state index >= 15 is 0 Å². The highest BCUT2D eigenvalue weighted by atomic mass is 16.7. The van der Waals surface area contributed by atoms with Crippen molar-refractivity contribution in [2.24, 2.45) is 0 Å². The maximum absolute atomic E-state index is 12.9. The molecule has 4 N–H and O–H groups in total. The number of rotatable bonds is 11. The number of nitrogens with zero attached hydrogens (tertiary/aromatic N) is 1. The predicted octanol–water partition coefficient (Wildman–Crippen LogP) is 0.510. The molecule has 1 atom stereocenters. The number of hydrogen-bond acceptors (Lipinski definition) is 7. The molecule has 10 heteroatoms. The summed E-state index contributed by atoms with van der Waals surface area (Å²) in [6, 6.07) is 3.37. The topological polar surface area (TPSA) is 139 Å². The Morgan fingerprint density at radius 3 is 2.62 bits per heavy atom. The predicted molar refractivity (Wildman–Crippen MR) is 117 cm³/mol. The van der Waals surface area contributed by atoms with Crippen LogP contribution in [0.2, 0.25) is 0 Å². The van der Waals surface area contributed by atoms with Crippen LogP contribution in [-0.2, 0) is 11.3 Å². The third kappa shape index (κ3) is 5.57. The number of amides is 2. The molecule has 2 amide bonds. The van der Waals surface area contributed by atoms with Gasteiger partial charge in [0.2, 0.25) is 18.1 Å². The van der Waals surface area contributed by atoms with E-state index in [1.807, 2.05) is 11.5 Å². The van der Waals surface area contributed by atoms with Crippen molar-refractivity contribution < 1.29 is 29.3 Å². The third-order valence-corrected chi connectivity index (χ3v) is 5.27. The van der Waals surface area contributed by atoms with Crippen molar-refractivity contribution in [1.82, 2.24) is 15.2 Å². The van der Waals surface area contributed by atoms with Gasteiger partial charge in [-0.15, -0.1) is 0 Å². The van der Waals surface area contributed by atoms with Gasteiger partial charge in [-0.2, -0.15) is 0 Å². The van der Waals surface area contributed by atoms with Gasteiger partial charge in [-0.25, -0.2) is 0 Å². The maximum atomic E-state index is 12.9. The summed E-state index contributed by atoms with van der Waals surface area (Å²) in [6.45, 7) is 2.62. The van der Waals surface area contributed by atoms with Crippen molar-refractivity contribution in [3.8, 4) is 11.5 Å². The molecule has 0 saturated heterocycles. The number of carbonyl (C=O) groups excluding carboxylic acids is 2. The van der Waals surface area contributed by atoms with Gasteiger partial charge in [0.25, 0.3) is 5.91 Å². The van der Waals surface area contributed by atoms with E-state index in [0.29, 0.717) is 54.8 Å². The second-order valence-corrected chi connectivity index (χ2v) is 7.59. The van der Waals surface area contributed by atoms with Crippen LogP contribution in [0.4, 0.5) is 0 Å². The lowest BCUT2D eigenvalue weighted by Crippen LogP contribution is -2.33. The second-order valence-electron chi connectivity index (χ2n) is 7.59. The Morgan fingerprint density at radius 1 is 1.16 bits per heavy atom. The molecular formula is C22H29N3O7. The van der Waals surface area contributed by atoms with Gasteiger partial charge in [-0.3, -0.25) is 14.4 Å². The molecule has 0 spiro atoms. The van der Waals surface area contributed by atoms with E-state index in [1.54, 1.807) is 18.3 Å². The molecule has 0 aliphatic carbocycles. The molecule has 0 bridgehead atoms. The molecule has 1 aliphatic rings. The van der Waals surface area contributed by atoms with Gasteiger partial charge in [0.15, 0.2) is 11.5 Å². The number of aryl methyl sites for hydroxylation is 1. The van der Waals surface area contributed by atoms with Crippen LogP contribution in [0.1, 0.15) is 43.0 Å². The van der Waals surface area contributed by atoms with E-state index in [1.165, 1.54) is 0 Å². The number of aliphatic hydroxyl groups excluding tert-OH is 2. The first kappa shape index (κ1) is 23.6. The van der Waals surface area contributed by atoms with Crippen LogP contribution in [0, 0.1) is 0 Å². The highest BCUT2D eigenvalue weighted by Gasteiger charge is 2.20. The van der Waals surface area contributed by atoms with Gasteiger partial charge in [0.1, 0.15) is 5.56 Å². The van der Waals surface area contributed by atoms with Gasteiger partial charge in [0, 0.05) is 38.3 Å². The molecule has 1 aliphatic heterocycles. The van der Waals surface area contributed by atoms with Gasteiger partial charge >= 0.3 is 0 Å². The minimum Gasteiger partial charge on any atom is -0.454 e. The molecular weight excluding hydrogens is 418 g/mol. The number of hydrogen-bond donors (Lipinski definition) is 4.